The summed E-state index contributed by atoms with van der Waals surface area (Å²) in [4.78, 5) is 16.7. The summed E-state index contributed by atoms with van der Waals surface area (Å²) in [6.07, 6.45) is 0.0469. The number of hydrogen-bond acceptors (Lipinski definition) is 5. The van der Waals surface area contributed by atoms with Crippen molar-refractivity contribution in [1.82, 2.24) is 19.8 Å². The van der Waals surface area contributed by atoms with Gasteiger partial charge in [0.1, 0.15) is 5.82 Å². The van der Waals surface area contributed by atoms with Crippen LogP contribution >= 0.6 is 0 Å². The first-order valence-corrected chi connectivity index (χ1v) is 11.9. The molecule has 0 radical (unpaired) electrons. The third-order valence-electron chi connectivity index (χ3n) is 5.23. The molecule has 0 bridgehead atoms. The summed E-state index contributed by atoms with van der Waals surface area (Å²) >= 11 is 0. The van der Waals surface area contributed by atoms with Crippen LogP contribution in [0.4, 0.5) is 4.39 Å². The van der Waals surface area contributed by atoms with E-state index in [1.165, 1.54) is 17.7 Å². The lowest BCUT2D eigenvalue weighted by Crippen LogP contribution is -2.48. The van der Waals surface area contributed by atoms with Crippen LogP contribution in [0, 0.1) is 5.82 Å². The second-order valence-corrected chi connectivity index (χ2v) is 9.32. The number of rotatable bonds is 10. The lowest BCUT2D eigenvalue weighted by atomic mass is 10.2. The molecule has 31 heavy (non-hydrogen) atoms. The molecule has 168 valence electrons. The highest BCUT2D eigenvalue weighted by Gasteiger charge is 2.17. The van der Waals surface area contributed by atoms with Gasteiger partial charge in [0.2, 0.25) is 15.9 Å². The molecule has 9 heteroatoms. The van der Waals surface area contributed by atoms with Gasteiger partial charge in [-0.1, -0.05) is 30.3 Å². The monoisotopic (exact) mass is 448 g/mol. The molecule has 2 N–H and O–H groups in total. The van der Waals surface area contributed by atoms with E-state index in [1.54, 1.807) is 0 Å². The smallest absolute Gasteiger partial charge is 0.240 e. The Balaban J connectivity index is 1.28. The van der Waals surface area contributed by atoms with Crippen LogP contribution in [0.5, 0.6) is 0 Å². The van der Waals surface area contributed by atoms with Crippen LogP contribution < -0.4 is 10.0 Å². The molecular weight excluding hydrogens is 419 g/mol. The minimum absolute atomic E-state index is 0.0102. The van der Waals surface area contributed by atoms with Crippen LogP contribution in [0.15, 0.2) is 59.5 Å². The number of hydrogen-bond donors (Lipinski definition) is 2. The Morgan fingerprint density at radius 1 is 0.903 bits per heavy atom. The Kier molecular flexibility index (Phi) is 8.53. The molecule has 0 unspecified atom stereocenters. The van der Waals surface area contributed by atoms with Gasteiger partial charge in [0.05, 0.1) is 4.90 Å². The first-order chi connectivity index (χ1) is 14.9. The van der Waals surface area contributed by atoms with Crippen LogP contribution in [0.1, 0.15) is 12.0 Å². The van der Waals surface area contributed by atoms with Gasteiger partial charge >= 0.3 is 0 Å². The highest BCUT2D eigenvalue weighted by molar-refractivity contribution is 7.89. The van der Waals surface area contributed by atoms with Crippen molar-refractivity contribution in [2.45, 2.75) is 17.9 Å². The minimum Gasteiger partial charge on any atom is -0.355 e. The van der Waals surface area contributed by atoms with Gasteiger partial charge in [0, 0.05) is 58.8 Å². The maximum absolute atomic E-state index is 12.9. The largest absolute Gasteiger partial charge is 0.355 e. The molecule has 2 aromatic carbocycles. The second kappa shape index (κ2) is 11.3. The number of nitrogens with one attached hydrogen (secondary N) is 2. The van der Waals surface area contributed by atoms with Crippen LogP contribution in [-0.2, 0) is 21.4 Å². The van der Waals surface area contributed by atoms with Crippen molar-refractivity contribution in [1.29, 1.82) is 0 Å². The van der Waals surface area contributed by atoms with E-state index in [9.17, 15) is 17.6 Å². The number of sulfonamides is 1. The molecule has 0 aromatic heterocycles. The fourth-order valence-corrected chi connectivity index (χ4v) is 4.48. The summed E-state index contributed by atoms with van der Waals surface area (Å²) in [6, 6.07) is 15.0. The highest BCUT2D eigenvalue weighted by atomic mass is 32.2. The Morgan fingerprint density at radius 3 is 2.23 bits per heavy atom. The van der Waals surface area contributed by atoms with E-state index in [0.717, 1.165) is 51.4 Å². The molecule has 0 spiro atoms. The van der Waals surface area contributed by atoms with Gasteiger partial charge in [-0.25, -0.2) is 17.5 Å². The molecule has 1 aliphatic heterocycles. The average molecular weight is 449 g/mol. The molecule has 1 saturated heterocycles. The van der Waals surface area contributed by atoms with Gasteiger partial charge in [-0.05, 0) is 29.8 Å². The Bertz CT molecular complexity index is 931. The summed E-state index contributed by atoms with van der Waals surface area (Å²) in [5.74, 6) is -0.708. The standard InChI is InChI=1S/C22H29FN4O3S/c23-20-6-8-21(9-7-20)31(29,30)25-11-10-22(28)24-12-13-26-14-16-27(17-15-26)18-19-4-2-1-3-5-19/h1-9,25H,10-18H2,(H,24,28). The first-order valence-electron chi connectivity index (χ1n) is 10.4. The van der Waals surface area contributed by atoms with Crippen LogP contribution in [0.2, 0.25) is 0 Å². The van der Waals surface area contributed by atoms with Crippen LogP contribution in [0.3, 0.4) is 0 Å². The lowest BCUT2D eigenvalue weighted by molar-refractivity contribution is -0.121. The van der Waals surface area contributed by atoms with Crippen molar-refractivity contribution in [3.8, 4) is 0 Å². The number of carbonyl (C=O) groups excluding carboxylic acids is 1. The zero-order valence-corrected chi connectivity index (χ0v) is 18.3. The fraction of sp³-hybridized carbons (Fsp3) is 0.409. The van der Waals surface area contributed by atoms with E-state index < -0.39 is 15.8 Å². The number of carbonyl (C=O) groups is 1. The Morgan fingerprint density at radius 2 is 1.55 bits per heavy atom. The van der Waals surface area contributed by atoms with Crippen molar-refractivity contribution in [3.63, 3.8) is 0 Å². The lowest BCUT2D eigenvalue weighted by Gasteiger charge is -2.34. The maximum atomic E-state index is 12.9. The molecule has 7 nitrogen and oxygen atoms in total. The normalized spacial score (nSPS) is 15.6. The van der Waals surface area contributed by atoms with E-state index in [4.69, 9.17) is 0 Å². The quantitative estimate of drug-likeness (QED) is 0.575. The number of benzene rings is 2. The van der Waals surface area contributed by atoms with Gasteiger partial charge in [-0.2, -0.15) is 0 Å². The Labute approximate surface area is 183 Å². The maximum Gasteiger partial charge on any atom is 0.240 e. The minimum atomic E-state index is -3.75. The van der Waals surface area contributed by atoms with E-state index >= 15 is 0 Å². The fourth-order valence-electron chi connectivity index (χ4n) is 3.45. The van der Waals surface area contributed by atoms with Crippen LogP contribution in [0.25, 0.3) is 0 Å². The molecule has 1 amide bonds. The summed E-state index contributed by atoms with van der Waals surface area (Å²) in [5, 5.41) is 2.84. The molecule has 3 rings (SSSR count). The van der Waals surface area contributed by atoms with Crippen molar-refractivity contribution in [3.05, 3.63) is 66.0 Å². The van der Waals surface area contributed by atoms with Gasteiger partial charge < -0.3 is 5.32 Å². The average Bonchev–Trinajstić information content (AvgIpc) is 2.76. The van der Waals surface area contributed by atoms with Gasteiger partial charge in [0.15, 0.2) is 0 Å². The SMILES string of the molecule is O=C(CCNS(=O)(=O)c1ccc(F)cc1)NCCN1CCN(Cc2ccccc2)CC1. The molecule has 1 fully saturated rings. The van der Waals surface area contributed by atoms with E-state index in [0.29, 0.717) is 6.54 Å². The third kappa shape index (κ3) is 7.70. The molecule has 1 heterocycles. The summed E-state index contributed by atoms with van der Waals surface area (Å²) in [5.41, 5.74) is 1.32. The molecular formula is C22H29FN4O3S. The molecule has 1 aliphatic rings. The molecule has 2 aromatic rings. The molecule has 0 atom stereocenters. The predicted molar refractivity (Wildman–Crippen MR) is 117 cm³/mol. The van der Waals surface area contributed by atoms with Gasteiger partial charge in [0.25, 0.3) is 0 Å². The van der Waals surface area contributed by atoms with Crippen molar-refractivity contribution >= 4 is 15.9 Å². The van der Waals surface area contributed by atoms with Gasteiger partial charge in [-0.3, -0.25) is 14.6 Å². The Hall–Kier alpha value is -2.33. The molecule has 0 saturated carbocycles. The van der Waals surface area contributed by atoms with Crippen molar-refractivity contribution < 1.29 is 17.6 Å². The number of piperazine rings is 1. The predicted octanol–water partition coefficient (Wildman–Crippen LogP) is 1.43. The first kappa shape index (κ1) is 23.3. The number of amides is 1. The van der Waals surface area contributed by atoms with Crippen molar-refractivity contribution in [2.75, 3.05) is 45.8 Å². The number of halogens is 1. The molecule has 0 aliphatic carbocycles. The highest BCUT2D eigenvalue weighted by Crippen LogP contribution is 2.10. The topological polar surface area (TPSA) is 81.7 Å². The van der Waals surface area contributed by atoms with Crippen LogP contribution in [-0.4, -0.2) is 69.9 Å². The second-order valence-electron chi connectivity index (χ2n) is 7.56. The zero-order valence-electron chi connectivity index (χ0n) is 17.5. The summed E-state index contributed by atoms with van der Waals surface area (Å²) in [7, 11) is -3.75. The zero-order chi connectivity index (χ0) is 22.1. The third-order valence-corrected chi connectivity index (χ3v) is 6.71. The van der Waals surface area contributed by atoms with E-state index in [2.05, 4.69) is 44.1 Å². The summed E-state index contributed by atoms with van der Waals surface area (Å²) < 4.78 is 39.5. The summed E-state index contributed by atoms with van der Waals surface area (Å²) in [6.45, 7) is 6.15. The van der Waals surface area contributed by atoms with E-state index in [-0.39, 0.29) is 23.8 Å². The van der Waals surface area contributed by atoms with E-state index in [1.807, 2.05) is 6.07 Å². The van der Waals surface area contributed by atoms with Gasteiger partial charge in [-0.15, -0.1) is 0 Å². The number of nitrogens with zero attached hydrogens (tertiary/aromatic N) is 2. The van der Waals surface area contributed by atoms with Crippen molar-refractivity contribution in [2.24, 2.45) is 0 Å².